The maximum atomic E-state index is 13.0. The number of carbonyl (C=O) groups excluding carboxylic acids is 1. The highest BCUT2D eigenvalue weighted by atomic mass is 35.5. The fourth-order valence-electron chi connectivity index (χ4n) is 4.01. The van der Waals surface area contributed by atoms with Gasteiger partial charge >= 0.3 is 18.6 Å². The fraction of sp³-hybridized carbons (Fsp3) is 0.400. The molecule has 0 radical (unpaired) electrons. The fourth-order valence-corrected chi connectivity index (χ4v) is 4.01. The molecule has 3 N–H and O–H groups in total. The molecule has 1 aromatic carbocycles. The van der Waals surface area contributed by atoms with Gasteiger partial charge in [-0.15, -0.1) is 24.8 Å². The number of aliphatic carboxylic acids is 1. The van der Waals surface area contributed by atoms with Crippen LogP contribution in [-0.2, 0) is 20.0 Å². The summed E-state index contributed by atoms with van der Waals surface area (Å²) in [6, 6.07) is 6.33. The van der Waals surface area contributed by atoms with Crippen molar-refractivity contribution in [3.05, 3.63) is 59.1 Å². The van der Waals surface area contributed by atoms with E-state index in [2.05, 4.69) is 9.72 Å². The zero-order valence-corrected chi connectivity index (χ0v) is 22.9. The van der Waals surface area contributed by atoms with Gasteiger partial charge in [0.25, 0.3) is 0 Å². The van der Waals surface area contributed by atoms with E-state index < -0.39 is 30.3 Å². The number of nitrogens with two attached hydrogens (primary N) is 1. The molecular weight excluding hydrogens is 563 g/mol. The van der Waals surface area contributed by atoms with Gasteiger partial charge < -0.3 is 29.8 Å². The third-order valence-corrected chi connectivity index (χ3v) is 6.07. The van der Waals surface area contributed by atoms with E-state index in [-0.39, 0.29) is 59.2 Å². The first-order valence-corrected chi connectivity index (χ1v) is 11.5. The highest BCUT2D eigenvalue weighted by molar-refractivity contribution is 5.93. The molecule has 1 unspecified atom stereocenters. The van der Waals surface area contributed by atoms with Crippen molar-refractivity contribution in [2.75, 3.05) is 18.6 Å². The highest BCUT2D eigenvalue weighted by Gasteiger charge is 2.50. The molecule has 2 atom stereocenters. The average molecular weight is 592 g/mol. The van der Waals surface area contributed by atoms with Crippen molar-refractivity contribution in [3.63, 3.8) is 0 Å². The van der Waals surface area contributed by atoms with Gasteiger partial charge in [0.05, 0.1) is 25.3 Å². The van der Waals surface area contributed by atoms with Crippen LogP contribution in [0.5, 0.6) is 11.5 Å². The molecule has 1 aliphatic heterocycles. The number of carboxylic acid groups (broad SMARTS) is 1. The Kier molecular flexibility index (Phi) is 10.4. The second-order valence-corrected chi connectivity index (χ2v) is 8.92. The van der Waals surface area contributed by atoms with Crippen molar-refractivity contribution in [1.29, 1.82) is 0 Å². The largest absolute Gasteiger partial charge is 0.489 e. The van der Waals surface area contributed by atoms with Crippen molar-refractivity contribution < 1.29 is 42.4 Å². The van der Waals surface area contributed by atoms with Crippen LogP contribution in [-0.4, -0.2) is 48.4 Å². The van der Waals surface area contributed by atoms with Gasteiger partial charge in [-0.1, -0.05) is 0 Å². The van der Waals surface area contributed by atoms with Gasteiger partial charge in [0.2, 0.25) is 5.72 Å². The highest BCUT2D eigenvalue weighted by Crippen LogP contribution is 2.47. The number of methoxy groups -OCH3 is 1. The summed E-state index contributed by atoms with van der Waals surface area (Å²) in [4.78, 5) is 29.9. The number of benzene rings is 1. The van der Waals surface area contributed by atoms with Crippen LogP contribution in [0.15, 0.2) is 48.0 Å². The zero-order chi connectivity index (χ0) is 26.9. The molecule has 1 aliphatic carbocycles. The van der Waals surface area contributed by atoms with Gasteiger partial charge in [-0.2, -0.15) is 8.78 Å². The summed E-state index contributed by atoms with van der Waals surface area (Å²) in [7, 11) is 1.23. The molecule has 0 saturated heterocycles. The Morgan fingerprint density at radius 1 is 1.23 bits per heavy atom. The molecule has 10 nitrogen and oxygen atoms in total. The molecule has 4 rings (SSSR count). The number of hydrogen-bond acceptors (Lipinski definition) is 9. The number of alkyl halides is 2. The monoisotopic (exact) mass is 591 g/mol. The molecular formula is C25H29Cl2F2N3O7. The molecule has 0 bridgehead atoms. The van der Waals surface area contributed by atoms with Crippen molar-refractivity contribution in [2.24, 2.45) is 11.7 Å². The molecule has 214 valence electrons. The average Bonchev–Trinajstić information content (AvgIpc) is 3.63. The lowest BCUT2D eigenvalue weighted by atomic mass is 10.0. The van der Waals surface area contributed by atoms with Crippen LogP contribution in [0.2, 0.25) is 0 Å². The molecule has 2 aliphatic rings. The van der Waals surface area contributed by atoms with Crippen LogP contribution < -0.4 is 20.1 Å². The molecule has 1 aromatic heterocycles. The van der Waals surface area contributed by atoms with Crippen LogP contribution in [0.4, 0.5) is 14.6 Å². The van der Waals surface area contributed by atoms with Gasteiger partial charge in [0.15, 0.2) is 17.2 Å². The zero-order valence-electron chi connectivity index (χ0n) is 21.3. The number of carboxylic acids is 1. The standard InChI is InChI=1S/C25H27F2N3O7.2ClH/c1-13(28)21-20(22(31)32)30(19-9-6-15(11-29-19)23(33)34-3)25(2,37-21)16-7-8-17(36-24(26)27)18(10-16)35-12-14-4-5-14;;/h6-11,13-14,24H,4-5,12,28H2,1-3H3,(H,31,32);2*1H/t13?,25-;;/m0../s1. The van der Waals surface area contributed by atoms with E-state index in [4.69, 9.17) is 19.9 Å². The first-order chi connectivity index (χ1) is 17.5. The summed E-state index contributed by atoms with van der Waals surface area (Å²) in [5, 5.41) is 10.1. The lowest BCUT2D eigenvalue weighted by molar-refractivity contribution is -0.132. The molecule has 14 heteroatoms. The second-order valence-electron chi connectivity index (χ2n) is 8.92. The minimum absolute atomic E-state index is 0. The van der Waals surface area contributed by atoms with E-state index >= 15 is 0 Å². The number of carbonyl (C=O) groups is 2. The van der Waals surface area contributed by atoms with Gasteiger partial charge in [0, 0.05) is 11.8 Å². The molecule has 1 saturated carbocycles. The number of ether oxygens (including phenoxy) is 4. The summed E-state index contributed by atoms with van der Waals surface area (Å²) in [6.45, 7) is 0.422. The van der Waals surface area contributed by atoms with Crippen molar-refractivity contribution in [1.82, 2.24) is 4.98 Å². The Labute approximate surface area is 235 Å². The molecule has 39 heavy (non-hydrogen) atoms. The molecule has 0 spiro atoms. The first kappa shape index (κ1) is 31.9. The summed E-state index contributed by atoms with van der Waals surface area (Å²) in [5.41, 5.74) is 4.80. The van der Waals surface area contributed by atoms with Crippen molar-refractivity contribution in [3.8, 4) is 11.5 Å². The number of anilines is 1. The third-order valence-electron chi connectivity index (χ3n) is 6.07. The molecule has 2 aromatic rings. The SMILES string of the molecule is COC(=O)c1ccc(N2C(C(=O)O)=C(C(C)N)O[C@@]2(C)c2ccc(OC(F)F)c(OCC3CC3)c2)nc1.Cl.Cl. The molecule has 0 amide bonds. The lowest BCUT2D eigenvalue weighted by Gasteiger charge is -2.36. The predicted molar refractivity (Wildman–Crippen MR) is 141 cm³/mol. The van der Waals surface area contributed by atoms with Crippen LogP contribution in [0.3, 0.4) is 0 Å². The van der Waals surface area contributed by atoms with E-state index in [0.717, 1.165) is 12.8 Å². The van der Waals surface area contributed by atoms with Gasteiger partial charge in [0.1, 0.15) is 11.6 Å². The number of rotatable bonds is 10. The minimum atomic E-state index is -3.06. The number of pyridine rings is 1. The van der Waals surface area contributed by atoms with Crippen molar-refractivity contribution in [2.45, 2.75) is 45.1 Å². The number of nitrogens with zero attached hydrogens (tertiary/aromatic N) is 2. The normalized spacial score (nSPS) is 19.0. The maximum absolute atomic E-state index is 13.0. The van der Waals surface area contributed by atoms with Crippen LogP contribution in [0, 0.1) is 5.92 Å². The van der Waals surface area contributed by atoms with E-state index in [1.54, 1.807) is 13.8 Å². The number of hydrogen-bond donors (Lipinski definition) is 2. The summed E-state index contributed by atoms with van der Waals surface area (Å²) in [5.74, 6) is -1.57. The van der Waals surface area contributed by atoms with Gasteiger partial charge in [-0.25, -0.2) is 14.6 Å². The van der Waals surface area contributed by atoms with E-state index in [9.17, 15) is 23.5 Å². The minimum Gasteiger partial charge on any atom is -0.489 e. The van der Waals surface area contributed by atoms with Gasteiger partial charge in [-0.05, 0) is 62.9 Å². The van der Waals surface area contributed by atoms with Crippen molar-refractivity contribution >= 4 is 42.6 Å². The third kappa shape index (κ3) is 6.63. The Morgan fingerprint density at radius 3 is 2.44 bits per heavy atom. The smallest absolute Gasteiger partial charge is 0.387 e. The van der Waals surface area contributed by atoms with E-state index in [1.165, 1.54) is 48.5 Å². The second kappa shape index (κ2) is 12.7. The number of esters is 1. The lowest BCUT2D eigenvalue weighted by Crippen LogP contribution is -2.42. The maximum Gasteiger partial charge on any atom is 0.387 e. The van der Waals surface area contributed by atoms with Crippen LogP contribution in [0.25, 0.3) is 0 Å². The van der Waals surface area contributed by atoms with E-state index in [1.807, 2.05) is 0 Å². The molecule has 2 heterocycles. The Morgan fingerprint density at radius 2 is 1.92 bits per heavy atom. The molecule has 1 fully saturated rings. The first-order valence-electron chi connectivity index (χ1n) is 11.5. The van der Waals surface area contributed by atoms with Crippen LogP contribution in [0.1, 0.15) is 42.6 Å². The Balaban J connectivity index is 0.00000267. The van der Waals surface area contributed by atoms with Gasteiger partial charge in [-0.3, -0.25) is 4.90 Å². The number of aromatic nitrogens is 1. The predicted octanol–water partition coefficient (Wildman–Crippen LogP) is 4.45. The van der Waals surface area contributed by atoms with Crippen LogP contribution >= 0.6 is 24.8 Å². The topological polar surface area (TPSA) is 133 Å². The quantitative estimate of drug-likeness (QED) is 0.381. The Hall–Kier alpha value is -3.35. The Bertz CT molecular complexity index is 1230. The van der Waals surface area contributed by atoms with E-state index in [0.29, 0.717) is 18.1 Å². The number of halogens is 4. The summed E-state index contributed by atoms with van der Waals surface area (Å²) >= 11 is 0. The summed E-state index contributed by atoms with van der Waals surface area (Å²) < 4.78 is 47.4. The summed E-state index contributed by atoms with van der Waals surface area (Å²) in [6.07, 6.45) is 3.21.